The first-order chi connectivity index (χ1) is 10.1. The second kappa shape index (κ2) is 6.25. The van der Waals surface area contributed by atoms with Gasteiger partial charge in [-0.05, 0) is 38.8 Å². The predicted molar refractivity (Wildman–Crippen MR) is 78.1 cm³/mol. The van der Waals surface area contributed by atoms with Gasteiger partial charge in [0.1, 0.15) is 0 Å². The Labute approximate surface area is 124 Å². The van der Waals surface area contributed by atoms with Crippen LogP contribution in [0.15, 0.2) is 17.3 Å². The number of piperidine rings is 1. The van der Waals surface area contributed by atoms with Crippen LogP contribution in [0, 0.1) is 12.8 Å². The monoisotopic (exact) mass is 293 g/mol. The molecule has 0 spiro atoms. The lowest BCUT2D eigenvalue weighted by molar-refractivity contribution is 0.0562. The molecule has 0 saturated carbocycles. The number of aryl methyl sites for hydroxylation is 1. The zero-order valence-electron chi connectivity index (χ0n) is 12.4. The van der Waals surface area contributed by atoms with Gasteiger partial charge < -0.3 is 9.84 Å². The molecule has 2 unspecified atom stereocenters. The van der Waals surface area contributed by atoms with Gasteiger partial charge in [-0.1, -0.05) is 0 Å². The largest absolute Gasteiger partial charge is 0.389 e. The number of ether oxygens (including phenoxy) is 1. The van der Waals surface area contributed by atoms with Crippen molar-refractivity contribution in [3.63, 3.8) is 0 Å². The molecule has 116 valence electrons. The Morgan fingerprint density at radius 3 is 2.81 bits per heavy atom. The minimum atomic E-state index is -0.356. The lowest BCUT2D eigenvalue weighted by Crippen LogP contribution is -2.47. The Hall–Kier alpha value is -1.24. The van der Waals surface area contributed by atoms with Gasteiger partial charge in [0.05, 0.1) is 31.7 Å². The molecule has 3 rings (SSSR count). The van der Waals surface area contributed by atoms with Crippen molar-refractivity contribution in [1.82, 2.24) is 14.5 Å². The average Bonchev–Trinajstić information content (AvgIpc) is 2.91. The van der Waals surface area contributed by atoms with Crippen molar-refractivity contribution in [2.45, 2.75) is 38.5 Å². The van der Waals surface area contributed by atoms with Crippen molar-refractivity contribution in [2.24, 2.45) is 5.92 Å². The Bertz CT molecular complexity index is 537. The number of rotatable bonds is 3. The molecule has 0 radical (unpaired) electrons. The third kappa shape index (κ3) is 3.17. The highest BCUT2D eigenvalue weighted by Gasteiger charge is 2.33. The Morgan fingerprint density at radius 1 is 1.38 bits per heavy atom. The fourth-order valence-corrected chi connectivity index (χ4v) is 3.32. The SMILES string of the molecule is Cc1cncn(CC2CCN(C3COCC3O)CC2)c1=O. The van der Waals surface area contributed by atoms with Crippen molar-refractivity contribution in [3.8, 4) is 0 Å². The highest BCUT2D eigenvalue weighted by Crippen LogP contribution is 2.23. The van der Waals surface area contributed by atoms with Crippen LogP contribution in [0.2, 0.25) is 0 Å². The first-order valence-electron chi connectivity index (χ1n) is 7.66. The zero-order chi connectivity index (χ0) is 14.8. The van der Waals surface area contributed by atoms with E-state index in [1.807, 2.05) is 0 Å². The summed E-state index contributed by atoms with van der Waals surface area (Å²) in [4.78, 5) is 18.4. The molecule has 1 aromatic heterocycles. The molecular formula is C15H23N3O3. The number of hydrogen-bond acceptors (Lipinski definition) is 5. The first kappa shape index (κ1) is 14.7. The zero-order valence-corrected chi connectivity index (χ0v) is 12.4. The van der Waals surface area contributed by atoms with Crippen molar-refractivity contribution in [1.29, 1.82) is 0 Å². The first-order valence-corrected chi connectivity index (χ1v) is 7.66. The molecule has 0 bridgehead atoms. The summed E-state index contributed by atoms with van der Waals surface area (Å²) in [6.07, 6.45) is 4.98. The van der Waals surface area contributed by atoms with Gasteiger partial charge in [-0.15, -0.1) is 0 Å². The molecule has 1 aromatic rings. The third-order valence-corrected chi connectivity index (χ3v) is 4.67. The quantitative estimate of drug-likeness (QED) is 0.851. The van der Waals surface area contributed by atoms with Crippen molar-refractivity contribution in [2.75, 3.05) is 26.3 Å². The highest BCUT2D eigenvalue weighted by molar-refractivity contribution is 5.00. The summed E-state index contributed by atoms with van der Waals surface area (Å²) in [6, 6.07) is 0.148. The predicted octanol–water partition coefficient (Wildman–Crippen LogP) is 0.0234. The lowest BCUT2D eigenvalue weighted by Gasteiger charge is -2.36. The van der Waals surface area contributed by atoms with E-state index in [0.29, 0.717) is 24.7 Å². The molecule has 6 heteroatoms. The maximum atomic E-state index is 12.0. The van der Waals surface area contributed by atoms with Gasteiger partial charge in [-0.2, -0.15) is 0 Å². The van der Waals surface area contributed by atoms with Crippen molar-refractivity contribution >= 4 is 0 Å². The molecule has 0 amide bonds. The minimum absolute atomic E-state index is 0.0621. The number of aliphatic hydroxyl groups excluding tert-OH is 1. The maximum Gasteiger partial charge on any atom is 0.256 e. The Kier molecular flexibility index (Phi) is 4.37. The fraction of sp³-hybridized carbons (Fsp3) is 0.733. The van der Waals surface area contributed by atoms with Crippen LogP contribution in [0.4, 0.5) is 0 Å². The lowest BCUT2D eigenvalue weighted by atomic mass is 9.95. The summed E-state index contributed by atoms with van der Waals surface area (Å²) >= 11 is 0. The smallest absolute Gasteiger partial charge is 0.256 e. The van der Waals surface area contributed by atoms with Crippen LogP contribution in [-0.2, 0) is 11.3 Å². The normalized spacial score (nSPS) is 28.1. The topological polar surface area (TPSA) is 67.6 Å². The van der Waals surface area contributed by atoms with Crippen molar-refractivity contribution < 1.29 is 9.84 Å². The molecule has 0 aromatic carbocycles. The van der Waals surface area contributed by atoms with Gasteiger partial charge in [0.2, 0.25) is 0 Å². The van der Waals surface area contributed by atoms with Gasteiger partial charge in [0.25, 0.3) is 5.56 Å². The van der Waals surface area contributed by atoms with E-state index in [-0.39, 0.29) is 17.7 Å². The van der Waals surface area contributed by atoms with Crippen LogP contribution in [-0.4, -0.2) is 58.0 Å². The van der Waals surface area contributed by atoms with E-state index in [9.17, 15) is 9.90 Å². The van der Waals surface area contributed by atoms with Gasteiger partial charge in [0.15, 0.2) is 0 Å². The summed E-state index contributed by atoms with van der Waals surface area (Å²) in [5, 5.41) is 9.89. The number of nitrogens with zero attached hydrogens (tertiary/aromatic N) is 3. The molecule has 1 N–H and O–H groups in total. The van der Waals surface area contributed by atoms with E-state index < -0.39 is 0 Å². The maximum absolute atomic E-state index is 12.0. The van der Waals surface area contributed by atoms with Crippen LogP contribution in [0.5, 0.6) is 0 Å². The van der Waals surface area contributed by atoms with Crippen LogP contribution in [0.3, 0.4) is 0 Å². The summed E-state index contributed by atoms with van der Waals surface area (Å²) in [5.41, 5.74) is 0.758. The molecule has 2 atom stereocenters. The Morgan fingerprint density at radius 2 is 2.14 bits per heavy atom. The highest BCUT2D eigenvalue weighted by atomic mass is 16.5. The van der Waals surface area contributed by atoms with E-state index in [0.717, 1.165) is 32.5 Å². The summed E-state index contributed by atoms with van der Waals surface area (Å²) in [7, 11) is 0. The van der Waals surface area contributed by atoms with Crippen LogP contribution < -0.4 is 5.56 Å². The number of likely N-dealkylation sites (tertiary alicyclic amines) is 1. The number of aliphatic hydroxyl groups is 1. The van der Waals surface area contributed by atoms with Crippen LogP contribution in [0.25, 0.3) is 0 Å². The average molecular weight is 293 g/mol. The molecule has 0 aliphatic carbocycles. The summed E-state index contributed by atoms with van der Waals surface area (Å²) in [5.74, 6) is 0.502. The third-order valence-electron chi connectivity index (χ3n) is 4.67. The van der Waals surface area contributed by atoms with Crippen LogP contribution >= 0.6 is 0 Å². The van der Waals surface area contributed by atoms with Crippen molar-refractivity contribution in [3.05, 3.63) is 28.4 Å². The number of hydrogen-bond donors (Lipinski definition) is 1. The van der Waals surface area contributed by atoms with E-state index in [2.05, 4.69) is 9.88 Å². The second-order valence-electron chi connectivity index (χ2n) is 6.19. The van der Waals surface area contributed by atoms with E-state index >= 15 is 0 Å². The van der Waals surface area contributed by atoms with Gasteiger partial charge in [-0.25, -0.2) is 4.98 Å². The van der Waals surface area contributed by atoms with E-state index in [1.165, 1.54) is 0 Å². The summed E-state index contributed by atoms with van der Waals surface area (Å²) in [6.45, 7) is 5.55. The Balaban J connectivity index is 1.56. The van der Waals surface area contributed by atoms with E-state index in [1.54, 1.807) is 24.0 Å². The van der Waals surface area contributed by atoms with Gasteiger partial charge in [0, 0.05) is 18.3 Å². The van der Waals surface area contributed by atoms with Gasteiger partial charge in [-0.3, -0.25) is 14.3 Å². The molecule has 2 aliphatic rings. The number of aromatic nitrogens is 2. The minimum Gasteiger partial charge on any atom is -0.389 e. The molecule has 21 heavy (non-hydrogen) atoms. The fourth-order valence-electron chi connectivity index (χ4n) is 3.32. The molecular weight excluding hydrogens is 270 g/mol. The molecule has 2 aliphatic heterocycles. The molecule has 2 fully saturated rings. The standard InChI is InChI=1S/C15H23N3O3/c1-11-6-16-10-18(15(11)20)7-12-2-4-17(5-3-12)13-8-21-9-14(13)19/h6,10,12-14,19H,2-5,7-9H2,1H3. The van der Waals surface area contributed by atoms with E-state index in [4.69, 9.17) is 4.74 Å². The van der Waals surface area contributed by atoms with Crippen LogP contribution in [0.1, 0.15) is 18.4 Å². The molecule has 2 saturated heterocycles. The summed E-state index contributed by atoms with van der Waals surface area (Å²) < 4.78 is 7.05. The second-order valence-corrected chi connectivity index (χ2v) is 6.19. The molecule has 6 nitrogen and oxygen atoms in total. The molecule has 3 heterocycles. The van der Waals surface area contributed by atoms with Gasteiger partial charge >= 0.3 is 0 Å².